The Morgan fingerprint density at radius 1 is 1.25 bits per heavy atom. The molecular weight excluding hydrogens is 314 g/mol. The lowest BCUT2D eigenvalue weighted by Crippen LogP contribution is -2.57. The van der Waals surface area contributed by atoms with Gasteiger partial charge in [-0.2, -0.15) is 0 Å². The molecule has 1 aromatic carbocycles. The van der Waals surface area contributed by atoms with E-state index in [0.29, 0.717) is 0 Å². The molecule has 2 N–H and O–H groups in total. The third kappa shape index (κ3) is 4.04. The van der Waals surface area contributed by atoms with Gasteiger partial charge in [0.1, 0.15) is 0 Å². The van der Waals surface area contributed by atoms with Gasteiger partial charge in [0.05, 0.1) is 0 Å². The van der Waals surface area contributed by atoms with E-state index in [0.717, 1.165) is 37.1 Å². The normalized spacial score (nSPS) is 21.9. The number of piperazine rings is 1. The van der Waals surface area contributed by atoms with Gasteiger partial charge in [0, 0.05) is 42.2 Å². The Morgan fingerprint density at radius 3 is 2.50 bits per heavy atom. The number of halogens is 1. The summed E-state index contributed by atoms with van der Waals surface area (Å²) in [5.41, 5.74) is 7.79. The van der Waals surface area contributed by atoms with E-state index in [-0.39, 0.29) is 11.6 Å². The third-order valence-electron chi connectivity index (χ3n) is 4.45. The van der Waals surface area contributed by atoms with Crippen LogP contribution in [0, 0.1) is 0 Å². The van der Waals surface area contributed by atoms with Gasteiger partial charge >= 0.3 is 0 Å². The molecule has 0 aliphatic carbocycles. The van der Waals surface area contributed by atoms with Gasteiger partial charge in [-0.15, -0.1) is 0 Å². The van der Waals surface area contributed by atoms with Crippen LogP contribution in [-0.4, -0.2) is 48.6 Å². The van der Waals surface area contributed by atoms with Gasteiger partial charge in [-0.05, 0) is 45.0 Å². The quantitative estimate of drug-likeness (QED) is 0.915. The summed E-state index contributed by atoms with van der Waals surface area (Å²) in [7, 11) is 2.21. The lowest BCUT2D eigenvalue weighted by atomic mass is 9.98. The topological polar surface area (TPSA) is 32.5 Å². The lowest BCUT2D eigenvalue weighted by Gasteiger charge is -2.45. The maximum atomic E-state index is 6.30. The molecule has 3 nitrogen and oxygen atoms in total. The fourth-order valence-electron chi connectivity index (χ4n) is 2.73. The van der Waals surface area contributed by atoms with Crippen LogP contribution in [0.1, 0.15) is 31.9 Å². The molecule has 1 aliphatic heterocycles. The summed E-state index contributed by atoms with van der Waals surface area (Å²) in [6.45, 7) is 9.11. The van der Waals surface area contributed by atoms with Crippen molar-refractivity contribution in [3.63, 3.8) is 0 Å². The fourth-order valence-corrected chi connectivity index (χ4v) is 2.99. The van der Waals surface area contributed by atoms with E-state index in [1.807, 2.05) is 0 Å². The Bertz CT molecular complexity index is 430. The summed E-state index contributed by atoms with van der Waals surface area (Å²) < 4.78 is 1.11. The first-order chi connectivity index (χ1) is 9.38. The summed E-state index contributed by atoms with van der Waals surface area (Å²) in [5.74, 6) is 0. The molecule has 4 heteroatoms. The summed E-state index contributed by atoms with van der Waals surface area (Å²) in [6, 6.07) is 8.49. The van der Waals surface area contributed by atoms with Crippen LogP contribution in [0.5, 0.6) is 0 Å². The highest BCUT2D eigenvalue weighted by Crippen LogP contribution is 2.21. The van der Waals surface area contributed by atoms with Gasteiger partial charge in [0.15, 0.2) is 0 Å². The van der Waals surface area contributed by atoms with Crippen LogP contribution in [-0.2, 0) is 0 Å². The average molecular weight is 340 g/mol. The zero-order chi connectivity index (χ0) is 14.8. The Kier molecular flexibility index (Phi) is 5.24. The van der Waals surface area contributed by atoms with Crippen molar-refractivity contribution in [3.05, 3.63) is 34.3 Å². The summed E-state index contributed by atoms with van der Waals surface area (Å²) in [6.07, 6.45) is 1.02. The van der Waals surface area contributed by atoms with Crippen LogP contribution >= 0.6 is 15.9 Å². The molecule has 0 radical (unpaired) electrons. The Balaban J connectivity index is 1.84. The van der Waals surface area contributed by atoms with Crippen molar-refractivity contribution in [1.82, 2.24) is 9.80 Å². The molecule has 0 bridgehead atoms. The van der Waals surface area contributed by atoms with Crippen molar-refractivity contribution in [2.75, 3.05) is 33.2 Å². The van der Waals surface area contributed by atoms with Gasteiger partial charge in [0.25, 0.3) is 0 Å². The van der Waals surface area contributed by atoms with E-state index in [2.05, 4.69) is 70.9 Å². The predicted octanol–water partition coefficient (Wildman–Crippen LogP) is 2.87. The highest BCUT2D eigenvalue weighted by atomic mass is 79.9. The molecule has 2 rings (SSSR count). The van der Waals surface area contributed by atoms with Gasteiger partial charge in [0.2, 0.25) is 0 Å². The second-order valence-corrected chi connectivity index (χ2v) is 7.37. The minimum Gasteiger partial charge on any atom is -0.324 e. The molecule has 0 saturated carbocycles. The van der Waals surface area contributed by atoms with Gasteiger partial charge in [-0.1, -0.05) is 28.1 Å². The predicted molar refractivity (Wildman–Crippen MR) is 88.8 cm³/mol. The van der Waals surface area contributed by atoms with Crippen LogP contribution in [0.2, 0.25) is 0 Å². The number of hydrogen-bond acceptors (Lipinski definition) is 3. The van der Waals surface area contributed by atoms with Crippen molar-refractivity contribution in [1.29, 1.82) is 0 Å². The molecule has 20 heavy (non-hydrogen) atoms. The number of nitrogens with two attached hydrogens (primary N) is 1. The van der Waals surface area contributed by atoms with E-state index < -0.39 is 0 Å². The van der Waals surface area contributed by atoms with Gasteiger partial charge in [-0.25, -0.2) is 0 Å². The van der Waals surface area contributed by atoms with E-state index in [4.69, 9.17) is 5.73 Å². The summed E-state index contributed by atoms with van der Waals surface area (Å²) >= 11 is 3.46. The van der Waals surface area contributed by atoms with Crippen molar-refractivity contribution in [2.45, 2.75) is 31.8 Å². The molecule has 1 saturated heterocycles. The molecule has 1 fully saturated rings. The smallest absolute Gasteiger partial charge is 0.0307 e. The maximum absolute atomic E-state index is 6.30. The number of likely N-dealkylation sites (N-methyl/N-ethyl adjacent to an activating group) is 1. The standard InChI is InChI=1S/C16H26BrN3/c1-16(2)12-20(11-10-19(16)3)9-8-15(18)13-4-6-14(17)7-5-13/h4-7,15H,8-12,18H2,1-3H3. The molecule has 1 unspecified atom stereocenters. The lowest BCUT2D eigenvalue weighted by molar-refractivity contribution is 0.0387. The van der Waals surface area contributed by atoms with E-state index in [1.165, 1.54) is 5.56 Å². The molecule has 0 aromatic heterocycles. The average Bonchev–Trinajstić information content (AvgIpc) is 2.40. The Hall–Kier alpha value is -0.420. The van der Waals surface area contributed by atoms with E-state index in [1.54, 1.807) is 0 Å². The first-order valence-electron chi connectivity index (χ1n) is 7.33. The SMILES string of the molecule is CN1CCN(CCC(N)c2ccc(Br)cc2)CC1(C)C. The van der Waals surface area contributed by atoms with Crippen LogP contribution in [0.4, 0.5) is 0 Å². The monoisotopic (exact) mass is 339 g/mol. The van der Waals surface area contributed by atoms with E-state index >= 15 is 0 Å². The zero-order valence-electron chi connectivity index (χ0n) is 12.8. The highest BCUT2D eigenvalue weighted by Gasteiger charge is 2.30. The number of rotatable bonds is 4. The van der Waals surface area contributed by atoms with Crippen LogP contribution < -0.4 is 5.73 Å². The summed E-state index contributed by atoms with van der Waals surface area (Å²) in [5, 5.41) is 0. The number of nitrogens with zero attached hydrogens (tertiary/aromatic N) is 2. The van der Waals surface area contributed by atoms with Crippen molar-refractivity contribution in [3.8, 4) is 0 Å². The number of benzene rings is 1. The molecule has 1 heterocycles. The van der Waals surface area contributed by atoms with Crippen LogP contribution in [0.15, 0.2) is 28.7 Å². The minimum absolute atomic E-state index is 0.130. The van der Waals surface area contributed by atoms with Crippen molar-refractivity contribution in [2.24, 2.45) is 5.73 Å². The fraction of sp³-hybridized carbons (Fsp3) is 0.625. The first kappa shape index (κ1) is 16.0. The van der Waals surface area contributed by atoms with Crippen molar-refractivity contribution < 1.29 is 0 Å². The molecule has 1 aliphatic rings. The maximum Gasteiger partial charge on any atom is 0.0307 e. The molecule has 1 aromatic rings. The summed E-state index contributed by atoms with van der Waals surface area (Å²) in [4.78, 5) is 4.98. The molecule has 0 amide bonds. The molecule has 1 atom stereocenters. The Morgan fingerprint density at radius 2 is 1.90 bits per heavy atom. The second-order valence-electron chi connectivity index (χ2n) is 6.46. The van der Waals surface area contributed by atoms with Crippen LogP contribution in [0.3, 0.4) is 0 Å². The highest BCUT2D eigenvalue weighted by molar-refractivity contribution is 9.10. The third-order valence-corrected chi connectivity index (χ3v) is 4.98. The largest absolute Gasteiger partial charge is 0.324 e. The molecule has 112 valence electrons. The van der Waals surface area contributed by atoms with Gasteiger partial charge < -0.3 is 10.6 Å². The first-order valence-corrected chi connectivity index (χ1v) is 8.12. The molecule has 0 spiro atoms. The minimum atomic E-state index is 0.130. The molecular formula is C16H26BrN3. The van der Waals surface area contributed by atoms with Crippen LogP contribution in [0.25, 0.3) is 0 Å². The zero-order valence-corrected chi connectivity index (χ0v) is 14.4. The Labute approximate surface area is 131 Å². The van der Waals surface area contributed by atoms with E-state index in [9.17, 15) is 0 Å². The van der Waals surface area contributed by atoms with Crippen molar-refractivity contribution >= 4 is 15.9 Å². The second kappa shape index (κ2) is 6.56. The van der Waals surface area contributed by atoms with Gasteiger partial charge in [-0.3, -0.25) is 4.90 Å². The number of hydrogen-bond donors (Lipinski definition) is 1.